The van der Waals surface area contributed by atoms with Crippen molar-refractivity contribution < 1.29 is 9.53 Å². The summed E-state index contributed by atoms with van der Waals surface area (Å²) in [6.45, 7) is 9.08. The van der Waals surface area contributed by atoms with Crippen molar-refractivity contribution in [1.29, 1.82) is 0 Å². The second kappa shape index (κ2) is 7.59. The van der Waals surface area contributed by atoms with E-state index in [4.69, 9.17) is 4.74 Å². The van der Waals surface area contributed by atoms with Gasteiger partial charge in [0.15, 0.2) is 0 Å². The van der Waals surface area contributed by atoms with Crippen LogP contribution in [0.2, 0.25) is 0 Å². The van der Waals surface area contributed by atoms with Gasteiger partial charge in [-0.05, 0) is 12.5 Å². The number of unbranched alkanes of at least 4 members (excludes halogenated alkanes) is 3. The van der Waals surface area contributed by atoms with Crippen molar-refractivity contribution in [3.05, 3.63) is 25.0 Å². The highest BCUT2D eigenvalue weighted by Crippen LogP contribution is 2.05. The summed E-state index contributed by atoms with van der Waals surface area (Å²) in [4.78, 5) is 11.0. The molecule has 0 fully saturated rings. The topological polar surface area (TPSA) is 26.3 Å². The zero-order chi connectivity index (χ0) is 10.1. The van der Waals surface area contributed by atoms with Crippen molar-refractivity contribution in [3.8, 4) is 0 Å². The molecule has 0 aromatic heterocycles. The predicted octanol–water partition coefficient (Wildman–Crippen LogP) is 3.20. The van der Waals surface area contributed by atoms with E-state index in [2.05, 4.69) is 20.1 Å². The van der Waals surface area contributed by atoms with Gasteiger partial charge in [0.1, 0.15) is 5.76 Å². The van der Waals surface area contributed by atoms with Crippen LogP contribution in [-0.4, -0.2) is 5.97 Å². The van der Waals surface area contributed by atoms with Crippen LogP contribution >= 0.6 is 0 Å². The Labute approximate surface area is 80.3 Å². The fourth-order valence-electron chi connectivity index (χ4n) is 0.935. The Morgan fingerprint density at radius 2 is 2.08 bits per heavy atom. The van der Waals surface area contributed by atoms with E-state index in [1.54, 1.807) is 0 Å². The van der Waals surface area contributed by atoms with Crippen LogP contribution in [-0.2, 0) is 9.53 Å². The van der Waals surface area contributed by atoms with E-state index in [0.717, 1.165) is 12.8 Å². The minimum Gasteiger partial charge on any atom is -0.427 e. The third kappa shape index (κ3) is 7.32. The van der Waals surface area contributed by atoms with Crippen LogP contribution in [0.3, 0.4) is 0 Å². The van der Waals surface area contributed by atoms with Crippen molar-refractivity contribution in [2.45, 2.75) is 39.0 Å². The zero-order valence-electron chi connectivity index (χ0n) is 8.34. The van der Waals surface area contributed by atoms with Crippen molar-refractivity contribution in [3.63, 3.8) is 0 Å². The summed E-state index contributed by atoms with van der Waals surface area (Å²) < 4.78 is 4.83. The first-order valence-electron chi connectivity index (χ1n) is 4.72. The zero-order valence-corrected chi connectivity index (χ0v) is 8.34. The largest absolute Gasteiger partial charge is 0.427 e. The summed E-state index contributed by atoms with van der Waals surface area (Å²) in [5, 5.41) is 0. The lowest BCUT2D eigenvalue weighted by Crippen LogP contribution is -2.02. The normalized spacial score (nSPS) is 9.31. The van der Waals surface area contributed by atoms with E-state index in [-0.39, 0.29) is 5.97 Å². The standard InChI is InChI=1S/C11H18O2/c1-4-6-7-8-9-11(12)13-10(3)5-2/h5H,2-4,6-9H2,1H3. The maximum absolute atomic E-state index is 11.0. The van der Waals surface area contributed by atoms with Gasteiger partial charge in [-0.3, -0.25) is 4.79 Å². The Bertz CT molecular complexity index is 183. The summed E-state index contributed by atoms with van der Waals surface area (Å²) in [6, 6.07) is 0. The van der Waals surface area contributed by atoms with Crippen LogP contribution in [0.4, 0.5) is 0 Å². The third-order valence-electron chi connectivity index (χ3n) is 1.71. The van der Waals surface area contributed by atoms with Crippen LogP contribution in [0.25, 0.3) is 0 Å². The fraction of sp³-hybridized carbons (Fsp3) is 0.545. The molecule has 0 aliphatic rings. The molecular weight excluding hydrogens is 164 g/mol. The lowest BCUT2D eigenvalue weighted by molar-refractivity contribution is -0.139. The lowest BCUT2D eigenvalue weighted by Gasteiger charge is -2.02. The maximum Gasteiger partial charge on any atom is 0.311 e. The molecule has 0 aromatic rings. The molecule has 0 heterocycles. The molecule has 0 amide bonds. The Morgan fingerprint density at radius 3 is 2.62 bits per heavy atom. The number of esters is 1. The molecule has 0 atom stereocenters. The van der Waals surface area contributed by atoms with Crippen molar-refractivity contribution in [2.24, 2.45) is 0 Å². The van der Waals surface area contributed by atoms with Gasteiger partial charge >= 0.3 is 5.97 Å². The number of carbonyl (C=O) groups excluding carboxylic acids is 1. The Morgan fingerprint density at radius 1 is 1.38 bits per heavy atom. The molecule has 0 bridgehead atoms. The quantitative estimate of drug-likeness (QED) is 0.261. The highest BCUT2D eigenvalue weighted by molar-refractivity contribution is 5.70. The molecule has 2 nitrogen and oxygen atoms in total. The van der Waals surface area contributed by atoms with Gasteiger partial charge in [-0.15, -0.1) is 0 Å². The van der Waals surface area contributed by atoms with Gasteiger partial charge in [-0.25, -0.2) is 0 Å². The molecule has 0 radical (unpaired) electrons. The third-order valence-corrected chi connectivity index (χ3v) is 1.71. The highest BCUT2D eigenvalue weighted by atomic mass is 16.5. The van der Waals surface area contributed by atoms with E-state index in [9.17, 15) is 4.79 Å². The van der Waals surface area contributed by atoms with Crippen LogP contribution in [0.5, 0.6) is 0 Å². The van der Waals surface area contributed by atoms with Crippen molar-refractivity contribution in [2.75, 3.05) is 0 Å². The molecule has 0 saturated carbocycles. The Kier molecular flexibility index (Phi) is 6.98. The molecule has 2 heteroatoms. The smallest absolute Gasteiger partial charge is 0.311 e. The van der Waals surface area contributed by atoms with Gasteiger partial charge in [0.2, 0.25) is 0 Å². The number of ether oxygens (including phenoxy) is 1. The van der Waals surface area contributed by atoms with Crippen molar-refractivity contribution >= 4 is 5.97 Å². The van der Waals surface area contributed by atoms with E-state index >= 15 is 0 Å². The molecule has 0 spiro atoms. The number of allylic oxidation sites excluding steroid dienone is 1. The molecule has 0 saturated heterocycles. The average Bonchev–Trinajstić information content (AvgIpc) is 2.12. The summed E-state index contributed by atoms with van der Waals surface area (Å²) in [6.07, 6.45) is 6.25. The van der Waals surface area contributed by atoms with E-state index < -0.39 is 0 Å². The molecule has 0 aliphatic heterocycles. The predicted molar refractivity (Wildman–Crippen MR) is 54.2 cm³/mol. The second-order valence-electron chi connectivity index (χ2n) is 2.96. The van der Waals surface area contributed by atoms with Gasteiger partial charge in [0, 0.05) is 6.42 Å². The maximum atomic E-state index is 11.0. The summed E-state index contributed by atoms with van der Waals surface area (Å²) in [7, 11) is 0. The van der Waals surface area contributed by atoms with Gasteiger partial charge in [0.25, 0.3) is 0 Å². The average molecular weight is 182 g/mol. The SMILES string of the molecule is C=CC(=C)OC(=O)CCCCCC. The minimum absolute atomic E-state index is 0.207. The van der Waals surface area contributed by atoms with Gasteiger partial charge in [0.05, 0.1) is 0 Å². The molecule has 0 unspecified atom stereocenters. The first-order chi connectivity index (χ1) is 6.20. The van der Waals surface area contributed by atoms with Crippen molar-refractivity contribution in [1.82, 2.24) is 0 Å². The lowest BCUT2D eigenvalue weighted by atomic mass is 10.2. The minimum atomic E-state index is -0.207. The molecule has 0 N–H and O–H groups in total. The first kappa shape index (κ1) is 11.9. The van der Waals surface area contributed by atoms with Crippen LogP contribution in [0.15, 0.2) is 25.0 Å². The molecule has 0 rings (SSSR count). The van der Waals surface area contributed by atoms with Crippen LogP contribution in [0, 0.1) is 0 Å². The highest BCUT2D eigenvalue weighted by Gasteiger charge is 2.02. The van der Waals surface area contributed by atoms with Gasteiger partial charge in [-0.1, -0.05) is 39.3 Å². The fourth-order valence-corrected chi connectivity index (χ4v) is 0.935. The molecule has 0 aromatic carbocycles. The van der Waals surface area contributed by atoms with Gasteiger partial charge < -0.3 is 4.74 Å². The number of hydrogen-bond acceptors (Lipinski definition) is 2. The monoisotopic (exact) mass is 182 g/mol. The summed E-state index contributed by atoms with van der Waals surface area (Å²) >= 11 is 0. The van der Waals surface area contributed by atoms with Gasteiger partial charge in [-0.2, -0.15) is 0 Å². The number of rotatable bonds is 7. The summed E-state index contributed by atoms with van der Waals surface area (Å²) in [5.41, 5.74) is 0. The van der Waals surface area contributed by atoms with Crippen LogP contribution in [0.1, 0.15) is 39.0 Å². The number of hydrogen-bond donors (Lipinski definition) is 0. The van der Waals surface area contributed by atoms with Crippen LogP contribution < -0.4 is 0 Å². The van der Waals surface area contributed by atoms with E-state index in [1.807, 2.05) is 0 Å². The van der Waals surface area contributed by atoms with E-state index in [0.29, 0.717) is 12.2 Å². The Balaban J connectivity index is 3.40. The molecule has 0 aliphatic carbocycles. The van der Waals surface area contributed by atoms with E-state index in [1.165, 1.54) is 18.9 Å². The molecule has 74 valence electrons. The summed E-state index contributed by atoms with van der Waals surface area (Å²) in [5.74, 6) is 0.126. The Hall–Kier alpha value is -1.05. The first-order valence-corrected chi connectivity index (χ1v) is 4.72. The number of carbonyl (C=O) groups is 1. The second-order valence-corrected chi connectivity index (χ2v) is 2.96. The molecular formula is C11H18O2. The molecule has 13 heavy (non-hydrogen) atoms.